The summed E-state index contributed by atoms with van der Waals surface area (Å²) in [4.78, 5) is 25.7. The highest BCUT2D eigenvalue weighted by Gasteiger charge is 2.27. The molecular weight excluding hydrogens is 389 g/mol. The van der Waals surface area contributed by atoms with Gasteiger partial charge in [0.25, 0.3) is 0 Å². The second kappa shape index (κ2) is 9.22. The van der Waals surface area contributed by atoms with Gasteiger partial charge in [0.15, 0.2) is 0 Å². The minimum Gasteiger partial charge on any atom is -0.462 e. The number of carbonyl (C=O) groups excluding carboxylic acids is 2. The van der Waals surface area contributed by atoms with Gasteiger partial charge in [0, 0.05) is 6.54 Å². The van der Waals surface area contributed by atoms with Crippen molar-refractivity contribution in [3.05, 3.63) is 69.7 Å². The number of rotatable bonds is 6. The Hall–Kier alpha value is -2.08. The van der Waals surface area contributed by atoms with Crippen LogP contribution in [-0.4, -0.2) is 43.1 Å². The lowest BCUT2D eigenvalue weighted by Crippen LogP contribution is -2.43. The maximum atomic E-state index is 12.1. The van der Waals surface area contributed by atoms with Crippen molar-refractivity contribution < 1.29 is 19.1 Å². The summed E-state index contributed by atoms with van der Waals surface area (Å²) in [5.41, 5.74) is 1.39. The molecule has 142 valence electrons. The molecular formula is C20H19Cl2NO4. The lowest BCUT2D eigenvalue weighted by atomic mass is 10.1. The van der Waals surface area contributed by atoms with Crippen LogP contribution in [0.2, 0.25) is 10.0 Å². The molecule has 27 heavy (non-hydrogen) atoms. The number of hydrogen-bond acceptors (Lipinski definition) is 4. The number of esters is 1. The molecule has 0 bridgehead atoms. The molecule has 0 spiro atoms. The fourth-order valence-electron chi connectivity index (χ4n) is 2.83. The number of halogens is 2. The fraction of sp³-hybridized carbons (Fsp3) is 0.300. The third-order valence-electron chi connectivity index (χ3n) is 4.28. The molecule has 0 aromatic heterocycles. The number of carbonyl (C=O) groups is 2. The average molecular weight is 408 g/mol. The van der Waals surface area contributed by atoms with Crippen LogP contribution in [0.25, 0.3) is 0 Å². The van der Waals surface area contributed by atoms with E-state index in [1.165, 1.54) is 0 Å². The van der Waals surface area contributed by atoms with Gasteiger partial charge in [-0.1, -0.05) is 47.5 Å². The van der Waals surface area contributed by atoms with Gasteiger partial charge in [0.2, 0.25) is 5.91 Å². The zero-order valence-corrected chi connectivity index (χ0v) is 16.1. The Balaban J connectivity index is 1.49. The number of amides is 1. The highest BCUT2D eigenvalue weighted by atomic mass is 35.5. The second-order valence-electron chi connectivity index (χ2n) is 6.17. The van der Waals surface area contributed by atoms with E-state index in [9.17, 15) is 9.59 Å². The number of morpholine rings is 1. The Bertz CT molecular complexity index is 813. The SMILES string of the molecule is O=C(OCCCN1CC(c2ccc(Cl)c(Cl)c2)OCC1=O)c1ccccc1. The normalized spacial score (nSPS) is 17.0. The van der Waals surface area contributed by atoms with Crippen LogP contribution in [0.15, 0.2) is 48.5 Å². The van der Waals surface area contributed by atoms with Crippen LogP contribution in [0.5, 0.6) is 0 Å². The number of ether oxygens (including phenoxy) is 2. The number of hydrogen-bond donors (Lipinski definition) is 0. The average Bonchev–Trinajstić information content (AvgIpc) is 2.69. The lowest BCUT2D eigenvalue weighted by molar-refractivity contribution is -0.149. The summed E-state index contributed by atoms with van der Waals surface area (Å²) in [6, 6.07) is 14.1. The quantitative estimate of drug-likeness (QED) is 0.533. The predicted molar refractivity (Wildman–Crippen MR) is 103 cm³/mol. The van der Waals surface area contributed by atoms with E-state index in [2.05, 4.69) is 0 Å². The summed E-state index contributed by atoms with van der Waals surface area (Å²) in [6.07, 6.45) is 0.294. The minimum absolute atomic E-state index is 0.00865. The molecule has 2 aromatic carbocycles. The monoisotopic (exact) mass is 407 g/mol. The highest BCUT2D eigenvalue weighted by molar-refractivity contribution is 6.42. The first-order valence-electron chi connectivity index (χ1n) is 8.61. The molecule has 0 radical (unpaired) electrons. The fourth-order valence-corrected chi connectivity index (χ4v) is 3.13. The lowest BCUT2D eigenvalue weighted by Gasteiger charge is -2.33. The Labute approximate surface area is 167 Å². The van der Waals surface area contributed by atoms with Crippen molar-refractivity contribution in [1.29, 1.82) is 0 Å². The Morgan fingerprint density at radius 2 is 1.93 bits per heavy atom. The van der Waals surface area contributed by atoms with Crippen LogP contribution >= 0.6 is 23.2 Å². The first kappa shape index (κ1) is 19.7. The van der Waals surface area contributed by atoms with Crippen LogP contribution in [-0.2, 0) is 14.3 Å². The van der Waals surface area contributed by atoms with Crippen molar-refractivity contribution in [2.24, 2.45) is 0 Å². The number of nitrogens with zero attached hydrogens (tertiary/aromatic N) is 1. The first-order valence-corrected chi connectivity index (χ1v) is 9.36. The van der Waals surface area contributed by atoms with Crippen LogP contribution in [0.3, 0.4) is 0 Å². The number of benzene rings is 2. The molecule has 1 saturated heterocycles. The van der Waals surface area contributed by atoms with Crippen molar-refractivity contribution in [3.63, 3.8) is 0 Å². The Kier molecular flexibility index (Phi) is 6.72. The van der Waals surface area contributed by atoms with Gasteiger partial charge < -0.3 is 14.4 Å². The van der Waals surface area contributed by atoms with Crippen molar-refractivity contribution in [2.45, 2.75) is 12.5 Å². The smallest absolute Gasteiger partial charge is 0.338 e. The molecule has 7 heteroatoms. The molecule has 3 rings (SSSR count). The molecule has 5 nitrogen and oxygen atoms in total. The van der Waals surface area contributed by atoms with Crippen LogP contribution in [0, 0.1) is 0 Å². The zero-order chi connectivity index (χ0) is 19.2. The van der Waals surface area contributed by atoms with Crippen molar-refractivity contribution in [3.8, 4) is 0 Å². The maximum absolute atomic E-state index is 12.1. The van der Waals surface area contributed by atoms with Gasteiger partial charge in [0.05, 0.1) is 28.8 Å². The van der Waals surface area contributed by atoms with E-state index in [4.69, 9.17) is 32.7 Å². The van der Waals surface area contributed by atoms with E-state index in [-0.39, 0.29) is 31.2 Å². The third-order valence-corrected chi connectivity index (χ3v) is 5.02. The zero-order valence-electron chi connectivity index (χ0n) is 14.6. The van der Waals surface area contributed by atoms with Crippen molar-refractivity contribution in [2.75, 3.05) is 26.3 Å². The van der Waals surface area contributed by atoms with E-state index in [0.29, 0.717) is 35.1 Å². The molecule has 0 aliphatic carbocycles. The summed E-state index contributed by atoms with van der Waals surface area (Å²) >= 11 is 12.0. The first-order chi connectivity index (χ1) is 13.0. The predicted octanol–water partition coefficient (Wildman–Crippen LogP) is 4.14. The van der Waals surface area contributed by atoms with Crippen LogP contribution < -0.4 is 0 Å². The van der Waals surface area contributed by atoms with Crippen molar-refractivity contribution >= 4 is 35.1 Å². The summed E-state index contributed by atoms with van der Waals surface area (Å²) in [5.74, 6) is -0.446. The van der Waals surface area contributed by atoms with E-state index in [0.717, 1.165) is 5.56 Å². The van der Waals surface area contributed by atoms with E-state index in [1.807, 2.05) is 12.1 Å². The largest absolute Gasteiger partial charge is 0.462 e. The summed E-state index contributed by atoms with van der Waals surface area (Å²) in [7, 11) is 0. The van der Waals surface area contributed by atoms with Crippen molar-refractivity contribution in [1.82, 2.24) is 4.90 Å². The van der Waals surface area contributed by atoms with Gasteiger partial charge in [-0.05, 0) is 36.2 Å². The molecule has 0 saturated carbocycles. The van der Waals surface area contributed by atoms with Gasteiger partial charge >= 0.3 is 5.97 Å². The Morgan fingerprint density at radius 3 is 2.67 bits per heavy atom. The molecule has 1 fully saturated rings. The summed E-state index contributed by atoms with van der Waals surface area (Å²) in [6.45, 7) is 1.16. The van der Waals surface area contributed by atoms with Crippen LogP contribution in [0.1, 0.15) is 28.4 Å². The topological polar surface area (TPSA) is 55.8 Å². The molecule has 1 atom stereocenters. The second-order valence-corrected chi connectivity index (χ2v) is 6.98. The van der Waals surface area contributed by atoms with Gasteiger partial charge in [-0.2, -0.15) is 0 Å². The van der Waals surface area contributed by atoms with Gasteiger partial charge in [-0.25, -0.2) is 4.79 Å². The molecule has 1 aliphatic heterocycles. The molecule has 1 amide bonds. The van der Waals surface area contributed by atoms with Gasteiger partial charge in [-0.15, -0.1) is 0 Å². The highest BCUT2D eigenvalue weighted by Crippen LogP contribution is 2.29. The standard InChI is InChI=1S/C20H19Cl2NO4/c21-16-8-7-15(11-17(16)22)18-12-23(19(24)13-27-18)9-4-10-26-20(25)14-5-2-1-3-6-14/h1-3,5-8,11,18H,4,9-10,12-13H2. The van der Waals surface area contributed by atoms with E-state index >= 15 is 0 Å². The molecule has 1 unspecified atom stereocenters. The molecule has 1 heterocycles. The van der Waals surface area contributed by atoms with Gasteiger partial charge in [0.1, 0.15) is 12.7 Å². The van der Waals surface area contributed by atoms with E-state index in [1.54, 1.807) is 41.3 Å². The van der Waals surface area contributed by atoms with Crippen LogP contribution in [0.4, 0.5) is 0 Å². The minimum atomic E-state index is -0.363. The maximum Gasteiger partial charge on any atom is 0.338 e. The third kappa shape index (κ3) is 5.22. The summed E-state index contributed by atoms with van der Waals surface area (Å²) < 4.78 is 10.9. The Morgan fingerprint density at radius 1 is 1.15 bits per heavy atom. The molecule has 0 N–H and O–H groups in total. The van der Waals surface area contributed by atoms with E-state index < -0.39 is 0 Å². The molecule has 1 aliphatic rings. The van der Waals surface area contributed by atoms with Gasteiger partial charge in [-0.3, -0.25) is 4.79 Å². The summed E-state index contributed by atoms with van der Waals surface area (Å²) in [5, 5.41) is 0.929. The molecule has 2 aromatic rings.